The van der Waals surface area contributed by atoms with Crippen molar-refractivity contribution in [3.63, 3.8) is 0 Å². The smallest absolute Gasteiger partial charge is 0.303 e. The minimum atomic E-state index is -2.15. The first-order valence-electron chi connectivity index (χ1n) is 16.8. The van der Waals surface area contributed by atoms with Gasteiger partial charge in [-0.25, -0.2) is 0 Å². The highest BCUT2D eigenvalue weighted by atomic mass is 16.6. The predicted molar refractivity (Wildman–Crippen MR) is 188 cm³/mol. The molecule has 1 aliphatic carbocycles. The van der Waals surface area contributed by atoms with Crippen molar-refractivity contribution >= 4 is 17.8 Å². The summed E-state index contributed by atoms with van der Waals surface area (Å²) in [6, 6.07) is 28.6. The predicted octanol–water partition coefficient (Wildman–Crippen LogP) is 4.86. The van der Waals surface area contributed by atoms with Crippen LogP contribution in [0.25, 0.3) is 0 Å². The van der Waals surface area contributed by atoms with Crippen LogP contribution in [0.1, 0.15) is 52.7 Å². The fourth-order valence-corrected chi connectivity index (χ4v) is 7.56. The van der Waals surface area contributed by atoms with Crippen molar-refractivity contribution < 1.29 is 43.2 Å². The highest BCUT2D eigenvalue weighted by molar-refractivity contribution is 5.94. The Morgan fingerprint density at radius 3 is 2.02 bits per heavy atom. The van der Waals surface area contributed by atoms with E-state index in [0.29, 0.717) is 47.6 Å². The van der Waals surface area contributed by atoms with Gasteiger partial charge in [0.25, 0.3) is 5.91 Å². The fraction of sp³-hybridized carbons (Fsp3) is 0.325. The van der Waals surface area contributed by atoms with Crippen molar-refractivity contribution in [2.75, 3.05) is 34.4 Å². The van der Waals surface area contributed by atoms with E-state index in [-0.39, 0.29) is 29.5 Å². The summed E-state index contributed by atoms with van der Waals surface area (Å²) in [6.07, 6.45) is -0.256. The van der Waals surface area contributed by atoms with Crippen LogP contribution in [0.3, 0.4) is 0 Å². The lowest BCUT2D eigenvalue weighted by atomic mass is 9.75. The van der Waals surface area contributed by atoms with E-state index >= 15 is 0 Å². The third-order valence-electron chi connectivity index (χ3n) is 9.72. The average Bonchev–Trinajstić information content (AvgIpc) is 3.30. The van der Waals surface area contributed by atoms with E-state index in [9.17, 15) is 19.5 Å². The van der Waals surface area contributed by atoms with Gasteiger partial charge in [-0.15, -0.1) is 0 Å². The van der Waals surface area contributed by atoms with E-state index in [1.807, 2.05) is 36.4 Å². The van der Waals surface area contributed by atoms with E-state index in [1.165, 1.54) is 21.1 Å². The van der Waals surface area contributed by atoms with Gasteiger partial charge < -0.3 is 39.4 Å². The number of hydrogen-bond acceptors (Lipinski definition) is 9. The van der Waals surface area contributed by atoms with Crippen LogP contribution in [0.5, 0.6) is 23.0 Å². The van der Waals surface area contributed by atoms with Crippen molar-refractivity contribution in [1.82, 2.24) is 10.6 Å². The molecule has 11 nitrogen and oxygen atoms in total. The zero-order valence-corrected chi connectivity index (χ0v) is 29.0. The molecule has 51 heavy (non-hydrogen) atoms. The minimum Gasteiger partial charge on any atom is -0.497 e. The Bertz CT molecular complexity index is 1870. The second-order valence-electron chi connectivity index (χ2n) is 12.6. The Morgan fingerprint density at radius 1 is 0.784 bits per heavy atom. The molecule has 3 N–H and O–H groups in total. The zero-order chi connectivity index (χ0) is 36.2. The largest absolute Gasteiger partial charge is 0.497 e. The first-order chi connectivity index (χ1) is 24.7. The Morgan fingerprint density at radius 2 is 1.41 bits per heavy atom. The average molecular weight is 695 g/mol. The van der Waals surface area contributed by atoms with Gasteiger partial charge in [-0.1, -0.05) is 60.7 Å². The molecule has 1 fully saturated rings. The van der Waals surface area contributed by atoms with Crippen molar-refractivity contribution in [3.8, 4) is 23.0 Å². The summed E-state index contributed by atoms with van der Waals surface area (Å²) >= 11 is 0. The standard InChI is InChI=1S/C40H42N2O9/c1-25(43)50-38-39(46)34-31(49-4)23-30(48-3)24-32(34)51-40(38,28-17-19-29(47-2)20-18-28)33(26-13-7-5-8-14-26)35(39)37(45)42-22-12-11-21-41-36(44)27-15-9-6-10-16-27/h5-10,13-20,23-24,33,35,38,46H,11-12,21-22H2,1-4H3,(H,41,44)(H,42,45)/t33-,35+,38?,39+,40+/m0/s1. The van der Waals surface area contributed by atoms with Crippen LogP contribution in [0.15, 0.2) is 97.1 Å². The Balaban J connectivity index is 1.43. The first-order valence-corrected chi connectivity index (χ1v) is 16.8. The molecule has 0 saturated heterocycles. The van der Waals surface area contributed by atoms with Crippen LogP contribution in [0, 0.1) is 5.92 Å². The number of fused-ring (bicyclic) bond motifs is 4. The molecule has 0 aromatic heterocycles. The number of benzene rings is 4. The number of carbonyl (C=O) groups excluding carboxylic acids is 3. The van der Waals surface area contributed by atoms with Gasteiger partial charge in [0.1, 0.15) is 23.0 Å². The molecule has 11 heteroatoms. The van der Waals surface area contributed by atoms with Crippen molar-refractivity contribution in [2.45, 2.75) is 43.0 Å². The van der Waals surface area contributed by atoms with Crippen LogP contribution in [0.2, 0.25) is 0 Å². The molecule has 4 aromatic carbocycles. The van der Waals surface area contributed by atoms with Gasteiger partial charge in [0.05, 0.1) is 32.8 Å². The molecule has 1 saturated carbocycles. The van der Waals surface area contributed by atoms with Crippen molar-refractivity contribution in [2.24, 2.45) is 5.92 Å². The number of ether oxygens (including phenoxy) is 5. The summed E-state index contributed by atoms with van der Waals surface area (Å²) in [5.74, 6) is -2.02. The van der Waals surface area contributed by atoms with Crippen LogP contribution in [0.4, 0.5) is 0 Å². The third kappa shape index (κ3) is 6.33. The normalized spacial score (nSPS) is 22.9. The first kappa shape index (κ1) is 35.3. The van der Waals surface area contributed by atoms with E-state index in [2.05, 4.69) is 10.6 Å². The molecule has 0 radical (unpaired) electrons. The summed E-state index contributed by atoms with van der Waals surface area (Å²) < 4.78 is 30.0. The quantitative estimate of drug-likeness (QED) is 0.132. The summed E-state index contributed by atoms with van der Waals surface area (Å²) in [5, 5.41) is 19.3. The minimum absolute atomic E-state index is 0.170. The van der Waals surface area contributed by atoms with Gasteiger partial charge in [0.2, 0.25) is 5.91 Å². The topological polar surface area (TPSA) is 142 Å². The molecule has 2 bridgehead atoms. The molecule has 2 amide bonds. The number of esters is 1. The number of aliphatic hydroxyl groups is 1. The molecule has 2 aliphatic rings. The van der Waals surface area contributed by atoms with E-state index in [1.54, 1.807) is 67.8 Å². The Labute approximate surface area is 296 Å². The number of methoxy groups -OCH3 is 3. The maximum Gasteiger partial charge on any atom is 0.303 e. The number of amides is 2. The highest BCUT2D eigenvalue weighted by Crippen LogP contribution is 2.69. The second kappa shape index (κ2) is 14.7. The van der Waals surface area contributed by atoms with Gasteiger partial charge >= 0.3 is 5.97 Å². The molecule has 1 heterocycles. The highest BCUT2D eigenvalue weighted by Gasteiger charge is 2.78. The lowest BCUT2D eigenvalue weighted by Crippen LogP contribution is -2.57. The number of unbranched alkanes of at least 4 members (excludes halogenated alkanes) is 1. The lowest BCUT2D eigenvalue weighted by Gasteiger charge is -2.46. The van der Waals surface area contributed by atoms with Crippen LogP contribution in [-0.4, -0.2) is 63.4 Å². The molecule has 4 aromatic rings. The number of carbonyl (C=O) groups is 3. The summed E-state index contributed by atoms with van der Waals surface area (Å²) in [5.41, 5.74) is -1.78. The lowest BCUT2D eigenvalue weighted by molar-refractivity contribution is -0.195. The number of hydrogen-bond donors (Lipinski definition) is 3. The molecular formula is C40H42N2O9. The van der Waals surface area contributed by atoms with Crippen LogP contribution >= 0.6 is 0 Å². The van der Waals surface area contributed by atoms with Gasteiger partial charge in [0.15, 0.2) is 17.3 Å². The Hall–Kier alpha value is -5.55. The monoisotopic (exact) mass is 694 g/mol. The molecule has 0 spiro atoms. The summed E-state index contributed by atoms with van der Waals surface area (Å²) in [4.78, 5) is 40.1. The van der Waals surface area contributed by atoms with Gasteiger partial charge in [0, 0.05) is 49.2 Å². The van der Waals surface area contributed by atoms with Gasteiger partial charge in [-0.05, 0) is 42.7 Å². The molecular weight excluding hydrogens is 652 g/mol. The number of nitrogens with one attached hydrogen (secondary N) is 2. The van der Waals surface area contributed by atoms with Crippen molar-refractivity contribution in [3.05, 3.63) is 119 Å². The maximum atomic E-state index is 14.7. The fourth-order valence-electron chi connectivity index (χ4n) is 7.56. The molecule has 1 aliphatic heterocycles. The number of rotatable bonds is 13. The zero-order valence-electron chi connectivity index (χ0n) is 29.0. The molecule has 6 rings (SSSR count). The summed E-state index contributed by atoms with van der Waals surface area (Å²) in [7, 11) is 4.50. The Kier molecular flexibility index (Phi) is 10.2. The van der Waals surface area contributed by atoms with E-state index in [0.717, 1.165) is 0 Å². The van der Waals surface area contributed by atoms with Gasteiger partial charge in [-0.2, -0.15) is 0 Å². The van der Waals surface area contributed by atoms with Crippen molar-refractivity contribution in [1.29, 1.82) is 0 Å². The maximum absolute atomic E-state index is 14.7. The van der Waals surface area contributed by atoms with E-state index in [4.69, 9.17) is 23.7 Å². The summed E-state index contributed by atoms with van der Waals surface area (Å²) in [6.45, 7) is 1.93. The SMILES string of the molecule is COc1ccc([C@]23Oc4cc(OC)cc(OC)c4[C@](O)(C2OC(C)=O)[C@@H](C(=O)NCCCCNC(=O)c2ccccc2)[C@@H]3c2ccccc2)cc1. The van der Waals surface area contributed by atoms with Crippen LogP contribution in [-0.2, 0) is 25.5 Å². The van der Waals surface area contributed by atoms with Crippen LogP contribution < -0.4 is 29.6 Å². The molecule has 266 valence electrons. The third-order valence-corrected chi connectivity index (χ3v) is 9.72. The molecule has 5 atom stereocenters. The second-order valence-corrected chi connectivity index (χ2v) is 12.6. The van der Waals surface area contributed by atoms with E-state index < -0.39 is 41.0 Å². The van der Waals surface area contributed by atoms with Gasteiger partial charge in [-0.3, -0.25) is 14.4 Å². The molecule has 1 unspecified atom stereocenters.